The van der Waals surface area contributed by atoms with E-state index in [4.69, 9.17) is 19.6 Å². The fourth-order valence-electron chi connectivity index (χ4n) is 4.75. The lowest BCUT2D eigenvalue weighted by Gasteiger charge is -2.26. The van der Waals surface area contributed by atoms with Crippen LogP contribution in [0.15, 0.2) is 72.8 Å². The highest BCUT2D eigenvalue weighted by Crippen LogP contribution is 2.46. The standard InChI is InChI=1S/C28H24N4O3S/c1-17-25-20(19-11-8-13-22(34-2)26(19)35-16-18-9-4-3-5-10-18)15-24(33)30-27(25)32(31-17)28-29-21-12-6-7-14-23(21)36-28/h3-14,20H,15-16H2,1-2H3,(H,30,33). The van der Waals surface area contributed by atoms with Crippen LogP contribution in [0.2, 0.25) is 0 Å². The Morgan fingerprint density at radius 1 is 1.06 bits per heavy atom. The van der Waals surface area contributed by atoms with Crippen LogP contribution in [0.1, 0.15) is 34.7 Å². The number of hydrogen-bond donors (Lipinski definition) is 1. The Morgan fingerprint density at radius 3 is 2.67 bits per heavy atom. The van der Waals surface area contributed by atoms with Crippen molar-refractivity contribution in [1.29, 1.82) is 0 Å². The summed E-state index contributed by atoms with van der Waals surface area (Å²) in [5.74, 6) is 1.61. The van der Waals surface area contributed by atoms with E-state index in [0.717, 1.165) is 32.6 Å². The fraction of sp³-hybridized carbons (Fsp3) is 0.179. The van der Waals surface area contributed by atoms with Crippen molar-refractivity contribution in [2.24, 2.45) is 0 Å². The van der Waals surface area contributed by atoms with Crippen molar-refractivity contribution >= 4 is 33.3 Å². The third-order valence-electron chi connectivity index (χ3n) is 6.40. The predicted molar refractivity (Wildman–Crippen MR) is 140 cm³/mol. The summed E-state index contributed by atoms with van der Waals surface area (Å²) >= 11 is 1.54. The average molecular weight is 497 g/mol. The van der Waals surface area contributed by atoms with Gasteiger partial charge in [-0.1, -0.05) is 65.9 Å². The summed E-state index contributed by atoms with van der Waals surface area (Å²) in [7, 11) is 1.63. The van der Waals surface area contributed by atoms with E-state index in [1.54, 1.807) is 23.1 Å². The van der Waals surface area contributed by atoms with Gasteiger partial charge in [0.15, 0.2) is 11.5 Å². The summed E-state index contributed by atoms with van der Waals surface area (Å²) in [6, 6.07) is 23.8. The van der Waals surface area contributed by atoms with Gasteiger partial charge in [-0.2, -0.15) is 9.78 Å². The zero-order chi connectivity index (χ0) is 24.6. The van der Waals surface area contributed by atoms with E-state index in [9.17, 15) is 4.79 Å². The number of aryl methyl sites for hydroxylation is 1. The number of hydrogen-bond acceptors (Lipinski definition) is 6. The second kappa shape index (κ2) is 9.13. The van der Waals surface area contributed by atoms with Crippen LogP contribution < -0.4 is 14.8 Å². The van der Waals surface area contributed by atoms with Crippen molar-refractivity contribution in [2.45, 2.75) is 25.9 Å². The van der Waals surface area contributed by atoms with E-state index in [1.165, 1.54) is 0 Å². The molecule has 36 heavy (non-hydrogen) atoms. The molecule has 180 valence electrons. The number of nitrogens with zero attached hydrogens (tertiary/aromatic N) is 3. The van der Waals surface area contributed by atoms with Crippen LogP contribution in [0.5, 0.6) is 11.5 Å². The first-order valence-corrected chi connectivity index (χ1v) is 12.5. The lowest BCUT2D eigenvalue weighted by molar-refractivity contribution is -0.116. The molecular formula is C28H24N4O3S. The molecule has 0 radical (unpaired) electrons. The van der Waals surface area contributed by atoms with Crippen LogP contribution in [-0.4, -0.2) is 27.8 Å². The van der Waals surface area contributed by atoms with E-state index in [0.29, 0.717) is 29.1 Å². The van der Waals surface area contributed by atoms with E-state index in [2.05, 4.69) is 5.32 Å². The number of para-hydroxylation sites is 2. The number of aromatic nitrogens is 3. The highest BCUT2D eigenvalue weighted by molar-refractivity contribution is 7.20. The van der Waals surface area contributed by atoms with E-state index in [1.807, 2.05) is 79.7 Å². The average Bonchev–Trinajstić information content (AvgIpc) is 3.48. The third kappa shape index (κ3) is 3.89. The predicted octanol–water partition coefficient (Wildman–Crippen LogP) is 5.85. The first-order chi connectivity index (χ1) is 17.6. The van der Waals surface area contributed by atoms with Gasteiger partial charge >= 0.3 is 0 Å². The Balaban J connectivity index is 1.45. The van der Waals surface area contributed by atoms with Gasteiger partial charge in [-0.15, -0.1) is 0 Å². The maximum absolute atomic E-state index is 13.0. The van der Waals surface area contributed by atoms with Gasteiger partial charge in [0, 0.05) is 23.5 Å². The first kappa shape index (κ1) is 22.3. The maximum Gasteiger partial charge on any atom is 0.226 e. The van der Waals surface area contributed by atoms with Crippen molar-refractivity contribution in [3.05, 3.63) is 95.2 Å². The maximum atomic E-state index is 13.0. The largest absolute Gasteiger partial charge is 0.493 e. The van der Waals surface area contributed by atoms with Crippen LogP contribution in [0.3, 0.4) is 0 Å². The molecule has 0 bridgehead atoms. The summed E-state index contributed by atoms with van der Waals surface area (Å²) in [5, 5.41) is 8.58. The molecule has 1 amide bonds. The molecule has 1 aliphatic heterocycles. The number of thiazole rings is 1. The number of ether oxygens (including phenoxy) is 2. The summed E-state index contributed by atoms with van der Waals surface area (Å²) in [6.07, 6.45) is 0.286. The molecule has 0 fully saturated rings. The van der Waals surface area contributed by atoms with E-state index in [-0.39, 0.29) is 18.2 Å². The fourth-order valence-corrected chi connectivity index (χ4v) is 5.68. The number of anilines is 1. The lowest BCUT2D eigenvalue weighted by atomic mass is 9.85. The van der Waals surface area contributed by atoms with Crippen LogP contribution in [0, 0.1) is 6.92 Å². The van der Waals surface area contributed by atoms with Gasteiger partial charge in [0.05, 0.1) is 23.0 Å². The second-order valence-corrected chi connectivity index (χ2v) is 9.69. The van der Waals surface area contributed by atoms with Gasteiger partial charge in [0.25, 0.3) is 0 Å². The molecule has 0 aliphatic carbocycles. The third-order valence-corrected chi connectivity index (χ3v) is 7.41. The van der Waals surface area contributed by atoms with E-state index < -0.39 is 0 Å². The Morgan fingerprint density at radius 2 is 1.86 bits per heavy atom. The Hall–Kier alpha value is -4.17. The molecule has 2 aromatic heterocycles. The van der Waals surface area contributed by atoms with Crippen molar-refractivity contribution in [1.82, 2.24) is 14.8 Å². The Labute approximate surface area is 212 Å². The highest BCUT2D eigenvalue weighted by Gasteiger charge is 2.35. The molecule has 1 atom stereocenters. The van der Waals surface area contributed by atoms with Crippen molar-refractivity contribution in [3.8, 4) is 16.6 Å². The summed E-state index contributed by atoms with van der Waals surface area (Å²) < 4.78 is 14.8. The van der Waals surface area contributed by atoms with Crippen molar-refractivity contribution in [3.63, 3.8) is 0 Å². The summed E-state index contributed by atoms with van der Waals surface area (Å²) in [6.45, 7) is 2.36. The molecule has 6 rings (SSSR count). The van der Waals surface area contributed by atoms with Crippen molar-refractivity contribution in [2.75, 3.05) is 12.4 Å². The molecule has 3 heterocycles. The molecule has 1 N–H and O–H groups in total. The van der Waals surface area contributed by atoms with Crippen LogP contribution >= 0.6 is 11.3 Å². The Kier molecular flexibility index (Phi) is 5.65. The SMILES string of the molecule is COc1cccc(C2CC(=O)Nc3c2c(C)nn3-c2nc3ccccc3s2)c1OCc1ccccc1. The molecule has 3 aromatic carbocycles. The van der Waals surface area contributed by atoms with Gasteiger partial charge < -0.3 is 14.8 Å². The van der Waals surface area contributed by atoms with Crippen LogP contribution in [-0.2, 0) is 11.4 Å². The van der Waals surface area contributed by atoms with Gasteiger partial charge in [-0.3, -0.25) is 4.79 Å². The number of nitrogens with one attached hydrogen (secondary N) is 1. The zero-order valence-electron chi connectivity index (χ0n) is 19.9. The minimum Gasteiger partial charge on any atom is -0.493 e. The normalized spacial score (nSPS) is 14.9. The summed E-state index contributed by atoms with van der Waals surface area (Å²) in [5.41, 5.74) is 4.66. The molecule has 1 unspecified atom stereocenters. The smallest absolute Gasteiger partial charge is 0.226 e. The van der Waals surface area contributed by atoms with Crippen LogP contribution in [0.25, 0.3) is 15.3 Å². The minimum absolute atomic E-state index is 0.0772. The quantitative estimate of drug-likeness (QED) is 0.319. The van der Waals surface area contributed by atoms with Gasteiger partial charge in [-0.05, 0) is 30.7 Å². The second-order valence-electron chi connectivity index (χ2n) is 8.68. The number of benzene rings is 3. The van der Waals surface area contributed by atoms with Crippen molar-refractivity contribution < 1.29 is 14.3 Å². The number of carbonyl (C=O) groups excluding carboxylic acids is 1. The summed E-state index contributed by atoms with van der Waals surface area (Å²) in [4.78, 5) is 17.7. The molecule has 1 aliphatic rings. The lowest BCUT2D eigenvalue weighted by Crippen LogP contribution is -2.25. The van der Waals surface area contributed by atoms with E-state index >= 15 is 0 Å². The van der Waals surface area contributed by atoms with Gasteiger partial charge in [0.2, 0.25) is 11.0 Å². The number of fused-ring (bicyclic) bond motifs is 2. The monoisotopic (exact) mass is 496 g/mol. The number of carbonyl (C=O) groups is 1. The molecular weight excluding hydrogens is 472 g/mol. The first-order valence-electron chi connectivity index (χ1n) is 11.7. The molecule has 0 saturated carbocycles. The molecule has 5 aromatic rings. The van der Waals surface area contributed by atoms with Gasteiger partial charge in [-0.25, -0.2) is 4.98 Å². The Bertz CT molecular complexity index is 1540. The number of methoxy groups -OCH3 is 1. The molecule has 8 heteroatoms. The number of amides is 1. The minimum atomic E-state index is -0.238. The number of rotatable bonds is 6. The molecule has 0 spiro atoms. The topological polar surface area (TPSA) is 78.3 Å². The zero-order valence-corrected chi connectivity index (χ0v) is 20.7. The van der Waals surface area contributed by atoms with Gasteiger partial charge in [0.1, 0.15) is 12.4 Å². The highest BCUT2D eigenvalue weighted by atomic mass is 32.1. The molecule has 0 saturated heterocycles. The van der Waals surface area contributed by atoms with Crippen LogP contribution in [0.4, 0.5) is 5.82 Å². The molecule has 7 nitrogen and oxygen atoms in total.